The summed E-state index contributed by atoms with van der Waals surface area (Å²) in [6.45, 7) is 3.12. The van der Waals surface area contributed by atoms with Crippen molar-refractivity contribution in [2.45, 2.75) is 32.6 Å². The molecule has 88 valence electrons. The highest BCUT2D eigenvalue weighted by molar-refractivity contribution is 5.65. The largest absolute Gasteiger partial charge is 0.397 e. The lowest BCUT2D eigenvalue weighted by atomic mass is 9.67. The smallest absolute Gasteiger partial charge is 0.125 e. The summed E-state index contributed by atoms with van der Waals surface area (Å²) in [4.78, 5) is 0. The Hall–Kier alpha value is -1.25. The third kappa shape index (κ3) is 2.13. The van der Waals surface area contributed by atoms with Gasteiger partial charge < -0.3 is 11.1 Å². The van der Waals surface area contributed by atoms with Gasteiger partial charge in [0, 0.05) is 6.54 Å². The molecule has 1 aromatic carbocycles. The molecule has 0 aliphatic heterocycles. The van der Waals surface area contributed by atoms with Crippen LogP contribution in [0.25, 0.3) is 0 Å². The third-order valence-corrected chi connectivity index (χ3v) is 3.83. The van der Waals surface area contributed by atoms with Crippen LogP contribution in [0.3, 0.4) is 0 Å². The van der Waals surface area contributed by atoms with Crippen molar-refractivity contribution in [2.24, 2.45) is 5.41 Å². The lowest BCUT2D eigenvalue weighted by Gasteiger charge is -2.41. The molecule has 2 nitrogen and oxygen atoms in total. The van der Waals surface area contributed by atoms with Crippen molar-refractivity contribution in [1.82, 2.24) is 0 Å². The number of nitrogen functional groups attached to an aromatic ring is 1. The summed E-state index contributed by atoms with van der Waals surface area (Å²) in [5.41, 5.74) is 7.55. The first-order chi connectivity index (χ1) is 7.65. The molecule has 1 aliphatic carbocycles. The molecule has 16 heavy (non-hydrogen) atoms. The van der Waals surface area contributed by atoms with Gasteiger partial charge in [0.25, 0.3) is 0 Å². The van der Waals surface area contributed by atoms with E-state index in [0.29, 0.717) is 11.1 Å². The Morgan fingerprint density at radius 3 is 2.75 bits per heavy atom. The van der Waals surface area contributed by atoms with E-state index < -0.39 is 0 Å². The van der Waals surface area contributed by atoms with Crippen molar-refractivity contribution in [1.29, 1.82) is 0 Å². The highest BCUT2D eigenvalue weighted by atomic mass is 19.1. The summed E-state index contributed by atoms with van der Waals surface area (Å²) < 4.78 is 13.0. The molecule has 0 saturated heterocycles. The number of rotatable bonds is 4. The maximum absolute atomic E-state index is 13.0. The second-order valence-corrected chi connectivity index (χ2v) is 4.79. The standard InChI is InChI=1S/C13H19FN2/c1-2-13(6-3-7-13)9-16-12-8-10(14)4-5-11(12)15/h4-5,8,16H,2-3,6-7,9,15H2,1H3. The van der Waals surface area contributed by atoms with Gasteiger partial charge in [-0.25, -0.2) is 4.39 Å². The zero-order valence-corrected chi connectivity index (χ0v) is 9.72. The zero-order valence-electron chi connectivity index (χ0n) is 9.72. The molecule has 0 spiro atoms. The second kappa shape index (κ2) is 4.32. The fraction of sp³-hybridized carbons (Fsp3) is 0.538. The number of nitrogens with one attached hydrogen (secondary N) is 1. The number of hydrogen-bond donors (Lipinski definition) is 2. The molecule has 3 heteroatoms. The van der Waals surface area contributed by atoms with Crippen LogP contribution in [-0.2, 0) is 0 Å². The van der Waals surface area contributed by atoms with Crippen molar-refractivity contribution < 1.29 is 4.39 Å². The Kier molecular flexibility index (Phi) is 3.03. The van der Waals surface area contributed by atoms with Crippen LogP contribution in [0, 0.1) is 11.2 Å². The number of hydrogen-bond acceptors (Lipinski definition) is 2. The molecule has 3 N–H and O–H groups in total. The summed E-state index contributed by atoms with van der Waals surface area (Å²) in [6.07, 6.45) is 5.03. The van der Waals surface area contributed by atoms with E-state index in [1.165, 1.54) is 37.8 Å². The third-order valence-electron chi connectivity index (χ3n) is 3.83. The molecule has 0 unspecified atom stereocenters. The molecular formula is C13H19FN2. The summed E-state index contributed by atoms with van der Waals surface area (Å²) in [7, 11) is 0. The minimum absolute atomic E-state index is 0.240. The number of nitrogens with two attached hydrogens (primary N) is 1. The van der Waals surface area contributed by atoms with Crippen molar-refractivity contribution >= 4 is 11.4 Å². The summed E-state index contributed by atoms with van der Waals surface area (Å²) in [6, 6.07) is 4.47. The SMILES string of the molecule is CCC1(CNc2cc(F)ccc2N)CCC1. The Balaban J connectivity index is 2.01. The molecule has 0 atom stereocenters. The van der Waals surface area contributed by atoms with E-state index in [1.54, 1.807) is 6.07 Å². The quantitative estimate of drug-likeness (QED) is 0.766. The van der Waals surface area contributed by atoms with E-state index in [0.717, 1.165) is 12.2 Å². The van der Waals surface area contributed by atoms with Crippen molar-refractivity contribution in [3.63, 3.8) is 0 Å². The monoisotopic (exact) mass is 222 g/mol. The maximum Gasteiger partial charge on any atom is 0.125 e. The summed E-state index contributed by atoms with van der Waals surface area (Å²) in [5, 5.41) is 3.28. The Morgan fingerprint density at radius 2 is 2.19 bits per heavy atom. The van der Waals surface area contributed by atoms with E-state index in [9.17, 15) is 4.39 Å². The molecule has 1 saturated carbocycles. The Labute approximate surface area is 96.0 Å². The lowest BCUT2D eigenvalue weighted by molar-refractivity contribution is 0.145. The van der Waals surface area contributed by atoms with Crippen LogP contribution < -0.4 is 11.1 Å². The van der Waals surface area contributed by atoms with Crippen LogP contribution in [0.1, 0.15) is 32.6 Å². The normalized spacial score (nSPS) is 17.9. The van der Waals surface area contributed by atoms with Crippen LogP contribution in [0.5, 0.6) is 0 Å². The Bertz CT molecular complexity index is 367. The van der Waals surface area contributed by atoms with Gasteiger partial charge in [0.1, 0.15) is 5.82 Å². The van der Waals surface area contributed by atoms with Gasteiger partial charge in [-0.1, -0.05) is 13.3 Å². The predicted molar refractivity (Wildman–Crippen MR) is 65.9 cm³/mol. The van der Waals surface area contributed by atoms with E-state index in [-0.39, 0.29) is 5.82 Å². The minimum Gasteiger partial charge on any atom is -0.397 e. The topological polar surface area (TPSA) is 38.0 Å². The first-order valence-corrected chi connectivity index (χ1v) is 5.94. The molecule has 1 aliphatic rings. The van der Waals surface area contributed by atoms with Gasteiger partial charge in [-0.3, -0.25) is 0 Å². The van der Waals surface area contributed by atoms with E-state index in [1.807, 2.05) is 0 Å². The predicted octanol–water partition coefficient (Wildman–Crippen LogP) is 3.40. The lowest BCUT2D eigenvalue weighted by Crippen LogP contribution is -2.36. The van der Waals surface area contributed by atoms with Gasteiger partial charge in [-0.15, -0.1) is 0 Å². The molecule has 1 aromatic rings. The first-order valence-electron chi connectivity index (χ1n) is 5.94. The van der Waals surface area contributed by atoms with Crippen molar-refractivity contribution in [3.8, 4) is 0 Å². The fourth-order valence-corrected chi connectivity index (χ4v) is 2.30. The molecular weight excluding hydrogens is 203 g/mol. The summed E-state index contributed by atoms with van der Waals surface area (Å²) in [5.74, 6) is -0.240. The van der Waals surface area contributed by atoms with Crippen LogP contribution in [0.15, 0.2) is 18.2 Å². The average Bonchev–Trinajstić information content (AvgIpc) is 2.22. The second-order valence-electron chi connectivity index (χ2n) is 4.79. The summed E-state index contributed by atoms with van der Waals surface area (Å²) >= 11 is 0. The molecule has 0 aromatic heterocycles. The van der Waals surface area contributed by atoms with E-state index >= 15 is 0 Å². The van der Waals surface area contributed by atoms with Crippen LogP contribution in [0.4, 0.5) is 15.8 Å². The highest BCUT2D eigenvalue weighted by Gasteiger charge is 2.34. The van der Waals surface area contributed by atoms with Gasteiger partial charge in [-0.2, -0.15) is 0 Å². The van der Waals surface area contributed by atoms with Crippen molar-refractivity contribution in [3.05, 3.63) is 24.0 Å². The van der Waals surface area contributed by atoms with Crippen LogP contribution in [0.2, 0.25) is 0 Å². The average molecular weight is 222 g/mol. The molecule has 2 rings (SSSR count). The molecule has 0 bridgehead atoms. The molecule has 1 fully saturated rings. The number of benzene rings is 1. The van der Waals surface area contributed by atoms with Gasteiger partial charge in [-0.05, 0) is 42.9 Å². The molecule has 0 radical (unpaired) electrons. The van der Waals surface area contributed by atoms with E-state index in [4.69, 9.17) is 5.73 Å². The van der Waals surface area contributed by atoms with Gasteiger partial charge >= 0.3 is 0 Å². The van der Waals surface area contributed by atoms with Gasteiger partial charge in [0.15, 0.2) is 0 Å². The maximum atomic E-state index is 13.0. The first kappa shape index (κ1) is 11.2. The fourth-order valence-electron chi connectivity index (χ4n) is 2.30. The van der Waals surface area contributed by atoms with Crippen LogP contribution >= 0.6 is 0 Å². The minimum atomic E-state index is -0.240. The van der Waals surface area contributed by atoms with Crippen molar-refractivity contribution in [2.75, 3.05) is 17.6 Å². The molecule has 0 amide bonds. The van der Waals surface area contributed by atoms with E-state index in [2.05, 4.69) is 12.2 Å². The number of halogens is 1. The van der Waals surface area contributed by atoms with Gasteiger partial charge in [0.05, 0.1) is 11.4 Å². The van der Waals surface area contributed by atoms with Crippen LogP contribution in [-0.4, -0.2) is 6.54 Å². The number of anilines is 2. The highest BCUT2D eigenvalue weighted by Crippen LogP contribution is 2.43. The Morgan fingerprint density at radius 1 is 1.44 bits per heavy atom. The van der Waals surface area contributed by atoms with Gasteiger partial charge in [0.2, 0.25) is 0 Å². The zero-order chi connectivity index (χ0) is 11.6. The molecule has 0 heterocycles.